The first-order chi connectivity index (χ1) is 12.9. The molecule has 0 spiro atoms. The van der Waals surface area contributed by atoms with Crippen LogP contribution >= 0.6 is 0 Å². The molecule has 0 amide bonds. The summed E-state index contributed by atoms with van der Waals surface area (Å²) >= 11 is 0. The van der Waals surface area contributed by atoms with Crippen molar-refractivity contribution < 1.29 is 17.9 Å². The molecular formula is C21H27NO4S. The third kappa shape index (κ3) is 3.82. The van der Waals surface area contributed by atoms with Crippen molar-refractivity contribution in [3.63, 3.8) is 0 Å². The van der Waals surface area contributed by atoms with Gasteiger partial charge in [-0.1, -0.05) is 17.7 Å². The van der Waals surface area contributed by atoms with Gasteiger partial charge in [-0.15, -0.1) is 0 Å². The first kappa shape index (κ1) is 19.7. The van der Waals surface area contributed by atoms with E-state index in [-0.39, 0.29) is 6.04 Å². The summed E-state index contributed by atoms with van der Waals surface area (Å²) in [6, 6.07) is 10.7. The monoisotopic (exact) mass is 389 g/mol. The molecule has 6 heteroatoms. The van der Waals surface area contributed by atoms with E-state index in [0.717, 1.165) is 22.4 Å². The van der Waals surface area contributed by atoms with Crippen molar-refractivity contribution in [1.82, 2.24) is 4.31 Å². The summed E-state index contributed by atoms with van der Waals surface area (Å²) in [4.78, 5) is 0.333. The minimum Gasteiger partial charge on any atom is -0.490 e. The van der Waals surface area contributed by atoms with E-state index in [4.69, 9.17) is 9.47 Å². The Hall–Kier alpha value is -2.05. The van der Waals surface area contributed by atoms with Gasteiger partial charge in [0, 0.05) is 12.6 Å². The van der Waals surface area contributed by atoms with E-state index in [9.17, 15) is 8.42 Å². The molecule has 0 aliphatic carbocycles. The predicted molar refractivity (Wildman–Crippen MR) is 106 cm³/mol. The number of hydrogen-bond acceptors (Lipinski definition) is 4. The molecule has 1 unspecified atom stereocenters. The van der Waals surface area contributed by atoms with Crippen molar-refractivity contribution in [1.29, 1.82) is 0 Å². The van der Waals surface area contributed by atoms with Crippen molar-refractivity contribution >= 4 is 10.0 Å². The van der Waals surface area contributed by atoms with Gasteiger partial charge in [0.05, 0.1) is 18.1 Å². The van der Waals surface area contributed by atoms with Crippen LogP contribution in [0.3, 0.4) is 0 Å². The highest BCUT2D eigenvalue weighted by Crippen LogP contribution is 2.40. The van der Waals surface area contributed by atoms with Crippen LogP contribution in [0.5, 0.6) is 11.5 Å². The molecule has 0 saturated heterocycles. The maximum atomic E-state index is 13.2. The van der Waals surface area contributed by atoms with Crippen LogP contribution in [-0.4, -0.2) is 32.5 Å². The van der Waals surface area contributed by atoms with Crippen LogP contribution < -0.4 is 9.47 Å². The summed E-state index contributed by atoms with van der Waals surface area (Å²) in [7, 11) is -3.55. The van der Waals surface area contributed by atoms with Gasteiger partial charge in [0.2, 0.25) is 10.0 Å². The molecule has 0 N–H and O–H groups in total. The first-order valence-corrected chi connectivity index (χ1v) is 10.8. The van der Waals surface area contributed by atoms with E-state index < -0.39 is 10.0 Å². The fraction of sp³-hybridized carbons (Fsp3) is 0.429. The molecule has 0 bridgehead atoms. The Bertz CT molecular complexity index is 907. The number of hydrogen-bond donors (Lipinski definition) is 0. The smallest absolute Gasteiger partial charge is 0.243 e. The second-order valence-corrected chi connectivity index (χ2v) is 8.61. The van der Waals surface area contributed by atoms with E-state index in [2.05, 4.69) is 0 Å². The molecule has 2 aromatic rings. The molecule has 5 nitrogen and oxygen atoms in total. The van der Waals surface area contributed by atoms with Crippen LogP contribution in [0.1, 0.15) is 43.5 Å². The maximum Gasteiger partial charge on any atom is 0.243 e. The second-order valence-electron chi connectivity index (χ2n) is 6.72. The van der Waals surface area contributed by atoms with Gasteiger partial charge in [0.15, 0.2) is 11.5 Å². The standard InChI is InChI=1S/C21H27NO4S/c1-5-25-20-13-17-11-12-22(16(4)19(17)14-21(20)26-6-2)27(23,24)18-9-7-15(3)8-10-18/h7-10,13-14,16H,5-6,11-12H2,1-4H3. The normalized spacial score (nSPS) is 17.4. The zero-order valence-electron chi connectivity index (χ0n) is 16.4. The Labute approximate surface area is 162 Å². The van der Waals surface area contributed by atoms with Crippen LogP contribution in [0.2, 0.25) is 0 Å². The molecular weight excluding hydrogens is 362 g/mol. The van der Waals surface area contributed by atoms with E-state index >= 15 is 0 Å². The van der Waals surface area contributed by atoms with Gasteiger partial charge in [0.1, 0.15) is 0 Å². The summed E-state index contributed by atoms with van der Waals surface area (Å²) in [6.45, 7) is 9.27. The molecule has 146 valence electrons. The lowest BCUT2D eigenvalue weighted by molar-refractivity contribution is 0.282. The quantitative estimate of drug-likeness (QED) is 0.746. The fourth-order valence-corrected chi connectivity index (χ4v) is 5.13. The molecule has 0 saturated carbocycles. The molecule has 0 radical (unpaired) electrons. The Morgan fingerprint density at radius 1 is 1.04 bits per heavy atom. The number of fused-ring (bicyclic) bond motifs is 1. The maximum absolute atomic E-state index is 13.2. The largest absolute Gasteiger partial charge is 0.490 e. The molecule has 1 aliphatic rings. The van der Waals surface area contributed by atoms with Crippen LogP contribution in [0, 0.1) is 6.92 Å². The van der Waals surface area contributed by atoms with E-state index in [1.807, 2.05) is 52.0 Å². The highest BCUT2D eigenvalue weighted by molar-refractivity contribution is 7.89. The lowest BCUT2D eigenvalue weighted by Gasteiger charge is -2.35. The van der Waals surface area contributed by atoms with Crippen molar-refractivity contribution in [3.8, 4) is 11.5 Å². The van der Waals surface area contributed by atoms with E-state index in [1.54, 1.807) is 16.4 Å². The lowest BCUT2D eigenvalue weighted by atomic mass is 9.94. The van der Waals surface area contributed by atoms with Gasteiger partial charge >= 0.3 is 0 Å². The highest BCUT2D eigenvalue weighted by Gasteiger charge is 2.34. The summed E-state index contributed by atoms with van der Waals surface area (Å²) in [5.74, 6) is 1.39. The third-order valence-corrected chi connectivity index (χ3v) is 6.90. The number of aryl methyl sites for hydroxylation is 1. The minimum absolute atomic E-state index is 0.269. The van der Waals surface area contributed by atoms with Crippen molar-refractivity contribution in [2.75, 3.05) is 19.8 Å². The average Bonchev–Trinajstić information content (AvgIpc) is 2.63. The molecule has 27 heavy (non-hydrogen) atoms. The third-order valence-electron chi connectivity index (χ3n) is 4.92. The van der Waals surface area contributed by atoms with Crippen LogP contribution in [0.15, 0.2) is 41.3 Å². The zero-order valence-corrected chi connectivity index (χ0v) is 17.2. The molecule has 3 rings (SSSR count). The zero-order chi connectivity index (χ0) is 19.6. The van der Waals surface area contributed by atoms with Crippen LogP contribution in [0.4, 0.5) is 0 Å². The molecule has 0 fully saturated rings. The number of rotatable bonds is 6. The van der Waals surface area contributed by atoms with Crippen molar-refractivity contribution in [2.45, 2.75) is 45.1 Å². The predicted octanol–water partition coefficient (Wildman–Crippen LogP) is 4.10. The first-order valence-electron chi connectivity index (χ1n) is 9.39. The molecule has 1 atom stereocenters. The molecule has 2 aromatic carbocycles. The van der Waals surface area contributed by atoms with Gasteiger partial charge in [-0.3, -0.25) is 0 Å². The summed E-state index contributed by atoms with van der Waals surface area (Å²) < 4.78 is 39.4. The second kappa shape index (κ2) is 7.90. The Balaban J connectivity index is 1.98. The molecule has 1 aliphatic heterocycles. The summed E-state index contributed by atoms with van der Waals surface area (Å²) in [5.41, 5.74) is 3.13. The number of sulfonamides is 1. The number of ether oxygens (including phenoxy) is 2. The van der Waals surface area contributed by atoms with E-state index in [0.29, 0.717) is 36.8 Å². The summed E-state index contributed by atoms with van der Waals surface area (Å²) in [5, 5.41) is 0. The van der Waals surface area contributed by atoms with Crippen LogP contribution in [-0.2, 0) is 16.4 Å². The van der Waals surface area contributed by atoms with Gasteiger partial charge in [-0.05, 0) is 69.5 Å². The van der Waals surface area contributed by atoms with Gasteiger partial charge < -0.3 is 9.47 Å². The Morgan fingerprint density at radius 2 is 1.63 bits per heavy atom. The highest BCUT2D eigenvalue weighted by atomic mass is 32.2. The van der Waals surface area contributed by atoms with E-state index in [1.165, 1.54) is 0 Å². The minimum atomic E-state index is -3.55. The Morgan fingerprint density at radius 3 is 2.22 bits per heavy atom. The van der Waals surface area contributed by atoms with Gasteiger partial charge in [-0.2, -0.15) is 4.31 Å². The molecule has 0 aromatic heterocycles. The summed E-state index contributed by atoms with van der Waals surface area (Å²) in [6.07, 6.45) is 0.650. The SMILES string of the molecule is CCOc1cc2c(cc1OCC)C(C)N(S(=O)(=O)c1ccc(C)cc1)CC2. The van der Waals surface area contributed by atoms with Crippen LogP contribution in [0.25, 0.3) is 0 Å². The molecule has 1 heterocycles. The number of benzene rings is 2. The van der Waals surface area contributed by atoms with Gasteiger partial charge in [0.25, 0.3) is 0 Å². The Kier molecular flexibility index (Phi) is 5.77. The van der Waals surface area contributed by atoms with Crippen molar-refractivity contribution in [2.24, 2.45) is 0 Å². The van der Waals surface area contributed by atoms with Crippen molar-refractivity contribution in [3.05, 3.63) is 53.1 Å². The number of nitrogens with zero attached hydrogens (tertiary/aromatic N) is 1. The lowest BCUT2D eigenvalue weighted by Crippen LogP contribution is -2.38. The fourth-order valence-electron chi connectivity index (χ4n) is 3.51. The average molecular weight is 390 g/mol. The van der Waals surface area contributed by atoms with Gasteiger partial charge in [-0.25, -0.2) is 8.42 Å². The topological polar surface area (TPSA) is 55.8 Å².